The van der Waals surface area contributed by atoms with E-state index in [4.69, 9.17) is 19.5 Å². The van der Waals surface area contributed by atoms with Crippen molar-refractivity contribution in [3.8, 4) is 6.07 Å². The van der Waals surface area contributed by atoms with Gasteiger partial charge in [0.05, 0.1) is 12.7 Å². The van der Waals surface area contributed by atoms with Gasteiger partial charge in [0.25, 0.3) is 0 Å². The number of hydrogen-bond donors (Lipinski definition) is 2. The van der Waals surface area contributed by atoms with E-state index in [2.05, 4.69) is 0 Å². The minimum atomic E-state index is -1.28. The minimum Gasteiger partial charge on any atom is -0.387 e. The molecule has 0 aromatic heterocycles. The summed E-state index contributed by atoms with van der Waals surface area (Å²) in [7, 11) is 0. The van der Waals surface area contributed by atoms with Crippen LogP contribution in [-0.2, 0) is 14.2 Å². The molecule has 2 heterocycles. The molecule has 20 heavy (non-hydrogen) atoms. The molecule has 3 rings (SSSR count). The van der Waals surface area contributed by atoms with Gasteiger partial charge in [-0.25, -0.2) is 0 Å². The van der Waals surface area contributed by atoms with Gasteiger partial charge in [-0.2, -0.15) is 5.26 Å². The summed E-state index contributed by atoms with van der Waals surface area (Å²) in [5.74, 6) is 0. The second kappa shape index (κ2) is 5.48. The molecule has 0 aliphatic carbocycles. The van der Waals surface area contributed by atoms with Crippen molar-refractivity contribution in [1.29, 1.82) is 5.26 Å². The normalized spacial score (nSPS) is 40.6. The molecule has 106 valence electrons. The Hall–Kier alpha value is -1.49. The highest BCUT2D eigenvalue weighted by Gasteiger charge is 2.48. The maximum atomic E-state index is 10.1. The molecule has 2 fully saturated rings. The van der Waals surface area contributed by atoms with Crippen LogP contribution in [0.2, 0.25) is 0 Å². The van der Waals surface area contributed by atoms with Gasteiger partial charge in [0, 0.05) is 5.56 Å². The van der Waals surface area contributed by atoms with Crippen molar-refractivity contribution >= 4 is 0 Å². The topological polar surface area (TPSA) is 91.9 Å². The van der Waals surface area contributed by atoms with E-state index in [0.29, 0.717) is 0 Å². The lowest BCUT2D eigenvalue weighted by molar-refractivity contribution is -0.322. The third-order valence-corrected chi connectivity index (χ3v) is 3.58. The molecule has 2 saturated heterocycles. The number of nitrogens with zero attached hydrogens (tertiary/aromatic N) is 1. The number of aliphatic hydroxyl groups excluding tert-OH is 2. The SMILES string of the molecule is N#C[C@@H]1O[C@@H]2CO[C@H](c3ccccc3)O[C@@H]2[C@H](O)[C@H]1O. The minimum absolute atomic E-state index is 0.201. The first-order valence-electron chi connectivity index (χ1n) is 6.44. The van der Waals surface area contributed by atoms with E-state index >= 15 is 0 Å². The Morgan fingerprint density at radius 2 is 1.85 bits per heavy atom. The van der Waals surface area contributed by atoms with Crippen LogP contribution in [0.1, 0.15) is 11.9 Å². The van der Waals surface area contributed by atoms with Gasteiger partial charge in [-0.15, -0.1) is 0 Å². The standard InChI is InChI=1S/C14H15NO5/c15-6-9-11(16)12(17)13-10(19-9)7-18-14(20-13)8-4-2-1-3-5-8/h1-5,9-14,16-17H,7H2/t9-,10+,11-,12+,13-,14-/m0/s1. The van der Waals surface area contributed by atoms with E-state index in [0.717, 1.165) is 5.56 Å². The first kappa shape index (κ1) is 13.5. The van der Waals surface area contributed by atoms with Gasteiger partial charge in [-0.1, -0.05) is 30.3 Å². The number of aliphatic hydroxyl groups is 2. The fourth-order valence-corrected chi connectivity index (χ4v) is 2.50. The zero-order chi connectivity index (χ0) is 14.1. The van der Waals surface area contributed by atoms with Crippen LogP contribution in [0.15, 0.2) is 30.3 Å². The number of rotatable bonds is 1. The summed E-state index contributed by atoms with van der Waals surface area (Å²) in [6.07, 6.45) is -5.40. The fourth-order valence-electron chi connectivity index (χ4n) is 2.50. The molecule has 0 amide bonds. The maximum Gasteiger partial charge on any atom is 0.184 e. The van der Waals surface area contributed by atoms with Gasteiger partial charge in [0.15, 0.2) is 12.4 Å². The molecule has 0 unspecified atom stereocenters. The largest absolute Gasteiger partial charge is 0.387 e. The smallest absolute Gasteiger partial charge is 0.184 e. The number of nitriles is 1. The van der Waals surface area contributed by atoms with Crippen LogP contribution in [0, 0.1) is 11.3 Å². The highest BCUT2D eigenvalue weighted by atomic mass is 16.7. The lowest BCUT2D eigenvalue weighted by atomic mass is 9.95. The third kappa shape index (κ3) is 2.30. The molecule has 2 aliphatic heterocycles. The maximum absolute atomic E-state index is 10.1. The molecule has 0 saturated carbocycles. The molecule has 1 aromatic rings. The Balaban J connectivity index is 1.76. The predicted molar refractivity (Wildman–Crippen MR) is 66.3 cm³/mol. The summed E-state index contributed by atoms with van der Waals surface area (Å²) < 4.78 is 16.6. The summed E-state index contributed by atoms with van der Waals surface area (Å²) in [5, 5.41) is 28.8. The van der Waals surface area contributed by atoms with Gasteiger partial charge in [-0.05, 0) is 0 Å². The molecule has 6 atom stereocenters. The molecule has 1 aromatic carbocycles. The van der Waals surface area contributed by atoms with Crippen molar-refractivity contribution < 1.29 is 24.4 Å². The summed E-state index contributed by atoms with van der Waals surface area (Å²) in [6.45, 7) is 0.201. The van der Waals surface area contributed by atoms with Gasteiger partial charge in [0.2, 0.25) is 0 Å². The Kier molecular flexibility index (Phi) is 3.70. The van der Waals surface area contributed by atoms with Crippen molar-refractivity contribution in [2.45, 2.75) is 36.8 Å². The highest BCUT2D eigenvalue weighted by Crippen LogP contribution is 2.33. The van der Waals surface area contributed by atoms with Crippen molar-refractivity contribution in [2.75, 3.05) is 6.61 Å². The Bertz CT molecular complexity index is 500. The second-order valence-corrected chi connectivity index (χ2v) is 4.88. The molecule has 0 spiro atoms. The molecule has 0 bridgehead atoms. The summed E-state index contributed by atoms with van der Waals surface area (Å²) in [4.78, 5) is 0. The molecular formula is C14H15NO5. The lowest BCUT2D eigenvalue weighted by Gasteiger charge is -2.44. The first-order chi connectivity index (χ1) is 9.70. The zero-order valence-electron chi connectivity index (χ0n) is 10.6. The van der Waals surface area contributed by atoms with Gasteiger partial charge >= 0.3 is 0 Å². The lowest BCUT2D eigenvalue weighted by Crippen LogP contribution is -2.61. The van der Waals surface area contributed by atoms with Gasteiger partial charge < -0.3 is 24.4 Å². The van der Waals surface area contributed by atoms with Crippen LogP contribution in [0.3, 0.4) is 0 Å². The predicted octanol–water partition coefficient (Wildman–Crippen LogP) is 0.113. The summed E-state index contributed by atoms with van der Waals surface area (Å²) >= 11 is 0. The molecule has 2 N–H and O–H groups in total. The van der Waals surface area contributed by atoms with Crippen LogP contribution >= 0.6 is 0 Å². The molecular weight excluding hydrogens is 262 g/mol. The van der Waals surface area contributed by atoms with Crippen molar-refractivity contribution in [2.24, 2.45) is 0 Å². The summed E-state index contributed by atoms with van der Waals surface area (Å²) in [6, 6.07) is 11.1. The van der Waals surface area contributed by atoms with E-state index in [1.165, 1.54) is 0 Å². The quantitative estimate of drug-likeness (QED) is 0.757. The van der Waals surface area contributed by atoms with Crippen LogP contribution in [-0.4, -0.2) is 47.3 Å². The first-order valence-corrected chi connectivity index (χ1v) is 6.44. The highest BCUT2D eigenvalue weighted by molar-refractivity contribution is 5.17. The van der Waals surface area contributed by atoms with Crippen LogP contribution in [0.25, 0.3) is 0 Å². The average molecular weight is 277 g/mol. The van der Waals surface area contributed by atoms with Gasteiger partial charge in [0.1, 0.15) is 24.4 Å². The van der Waals surface area contributed by atoms with Gasteiger partial charge in [-0.3, -0.25) is 0 Å². The zero-order valence-corrected chi connectivity index (χ0v) is 10.6. The Morgan fingerprint density at radius 3 is 2.55 bits per heavy atom. The molecule has 0 radical (unpaired) electrons. The van der Waals surface area contributed by atoms with E-state index in [-0.39, 0.29) is 6.61 Å². The molecule has 6 heteroatoms. The van der Waals surface area contributed by atoms with Crippen molar-refractivity contribution in [3.63, 3.8) is 0 Å². The number of hydrogen-bond acceptors (Lipinski definition) is 6. The monoisotopic (exact) mass is 277 g/mol. The second-order valence-electron chi connectivity index (χ2n) is 4.88. The van der Waals surface area contributed by atoms with E-state index < -0.39 is 36.8 Å². The number of fused-ring (bicyclic) bond motifs is 1. The Morgan fingerprint density at radius 1 is 1.10 bits per heavy atom. The molecule has 2 aliphatic rings. The average Bonchev–Trinajstić information content (AvgIpc) is 2.51. The third-order valence-electron chi connectivity index (χ3n) is 3.58. The van der Waals surface area contributed by atoms with E-state index in [1.54, 1.807) is 0 Å². The number of benzene rings is 1. The van der Waals surface area contributed by atoms with Crippen molar-refractivity contribution in [1.82, 2.24) is 0 Å². The number of ether oxygens (including phenoxy) is 3. The van der Waals surface area contributed by atoms with E-state index in [1.807, 2.05) is 36.4 Å². The molecule has 6 nitrogen and oxygen atoms in total. The van der Waals surface area contributed by atoms with Crippen LogP contribution in [0.5, 0.6) is 0 Å². The fraction of sp³-hybridized carbons (Fsp3) is 0.500. The van der Waals surface area contributed by atoms with E-state index in [9.17, 15) is 10.2 Å². The van der Waals surface area contributed by atoms with Crippen molar-refractivity contribution in [3.05, 3.63) is 35.9 Å². The summed E-state index contributed by atoms with van der Waals surface area (Å²) in [5.41, 5.74) is 0.829. The van der Waals surface area contributed by atoms with Crippen LogP contribution in [0.4, 0.5) is 0 Å². The Labute approximate surface area is 116 Å². The van der Waals surface area contributed by atoms with Crippen LogP contribution < -0.4 is 0 Å².